The standard InChI is InChI=1S/C25H24O5S/c1-17(2)30-22-12-10-20(11-13-22)19-6-8-21(9-7-19)24(25(26)27)16-18-4-14-23(15-5-18)31(3,28)29/h4-17H,1-3H3,(H,26,27)/b24-16+. The fourth-order valence-corrected chi connectivity index (χ4v) is 3.72. The molecule has 0 aliphatic rings. The highest BCUT2D eigenvalue weighted by Gasteiger charge is 2.12. The molecule has 3 aromatic carbocycles. The van der Waals surface area contributed by atoms with E-state index in [4.69, 9.17) is 4.74 Å². The van der Waals surface area contributed by atoms with Gasteiger partial charge in [0.25, 0.3) is 0 Å². The van der Waals surface area contributed by atoms with E-state index in [9.17, 15) is 18.3 Å². The van der Waals surface area contributed by atoms with Gasteiger partial charge in [-0.3, -0.25) is 0 Å². The fraction of sp³-hybridized carbons (Fsp3) is 0.160. The van der Waals surface area contributed by atoms with Crippen LogP contribution in [0.4, 0.5) is 0 Å². The monoisotopic (exact) mass is 436 g/mol. The summed E-state index contributed by atoms with van der Waals surface area (Å²) in [4.78, 5) is 12.0. The van der Waals surface area contributed by atoms with Gasteiger partial charge in [0.05, 0.1) is 16.6 Å². The van der Waals surface area contributed by atoms with Crippen molar-refractivity contribution >= 4 is 27.5 Å². The average Bonchev–Trinajstić information content (AvgIpc) is 2.72. The molecule has 6 heteroatoms. The zero-order valence-electron chi connectivity index (χ0n) is 17.6. The van der Waals surface area contributed by atoms with Gasteiger partial charge in [-0.1, -0.05) is 48.5 Å². The van der Waals surface area contributed by atoms with E-state index in [-0.39, 0.29) is 16.6 Å². The van der Waals surface area contributed by atoms with Crippen LogP contribution >= 0.6 is 0 Å². The normalized spacial score (nSPS) is 12.1. The Labute approximate surface area is 182 Å². The minimum Gasteiger partial charge on any atom is -0.491 e. The Hall–Kier alpha value is -3.38. The van der Waals surface area contributed by atoms with Gasteiger partial charge in [-0.05, 0) is 66.4 Å². The summed E-state index contributed by atoms with van der Waals surface area (Å²) >= 11 is 0. The van der Waals surface area contributed by atoms with E-state index >= 15 is 0 Å². The van der Waals surface area contributed by atoms with E-state index in [1.807, 2.05) is 50.2 Å². The summed E-state index contributed by atoms with van der Waals surface area (Å²) in [6, 6.07) is 21.1. The summed E-state index contributed by atoms with van der Waals surface area (Å²) in [5.41, 5.74) is 3.25. The SMILES string of the molecule is CC(C)Oc1ccc(-c2ccc(/C(=C\c3ccc(S(C)(=O)=O)cc3)C(=O)O)cc2)cc1. The first-order valence-electron chi connectivity index (χ1n) is 9.76. The van der Waals surface area contributed by atoms with Gasteiger partial charge in [0.15, 0.2) is 9.84 Å². The molecular formula is C25H24O5S. The van der Waals surface area contributed by atoms with Crippen LogP contribution in [0.15, 0.2) is 77.7 Å². The van der Waals surface area contributed by atoms with Crippen LogP contribution in [-0.4, -0.2) is 31.9 Å². The first-order valence-corrected chi connectivity index (χ1v) is 11.7. The average molecular weight is 437 g/mol. The molecule has 31 heavy (non-hydrogen) atoms. The highest BCUT2D eigenvalue weighted by atomic mass is 32.2. The molecule has 0 heterocycles. The number of aliphatic carboxylic acids is 1. The number of carboxylic acid groups (broad SMARTS) is 1. The van der Waals surface area contributed by atoms with Crippen molar-refractivity contribution in [1.29, 1.82) is 0 Å². The molecular weight excluding hydrogens is 412 g/mol. The molecule has 0 amide bonds. The van der Waals surface area contributed by atoms with E-state index in [2.05, 4.69) is 0 Å². The summed E-state index contributed by atoms with van der Waals surface area (Å²) in [5, 5.41) is 9.68. The molecule has 5 nitrogen and oxygen atoms in total. The van der Waals surface area contributed by atoms with E-state index in [0.717, 1.165) is 23.1 Å². The third-order valence-corrected chi connectivity index (χ3v) is 5.73. The molecule has 0 unspecified atom stereocenters. The van der Waals surface area contributed by atoms with Crippen LogP contribution in [0, 0.1) is 0 Å². The largest absolute Gasteiger partial charge is 0.491 e. The summed E-state index contributed by atoms with van der Waals surface area (Å²) in [7, 11) is -3.30. The molecule has 0 aliphatic heterocycles. The summed E-state index contributed by atoms with van der Waals surface area (Å²) in [5.74, 6) is -0.261. The molecule has 0 bridgehead atoms. The van der Waals surface area contributed by atoms with Gasteiger partial charge >= 0.3 is 5.97 Å². The maximum Gasteiger partial charge on any atom is 0.336 e. The van der Waals surface area contributed by atoms with Crippen molar-refractivity contribution in [3.8, 4) is 16.9 Å². The Kier molecular flexibility index (Phi) is 6.61. The smallest absolute Gasteiger partial charge is 0.336 e. The Morgan fingerprint density at radius 1 is 0.871 bits per heavy atom. The second kappa shape index (κ2) is 9.18. The molecule has 0 aliphatic carbocycles. The predicted octanol–water partition coefficient (Wildman–Crippen LogP) is 5.17. The Balaban J connectivity index is 1.86. The second-order valence-electron chi connectivity index (χ2n) is 7.47. The first-order chi connectivity index (χ1) is 14.6. The molecule has 0 fully saturated rings. The van der Waals surface area contributed by atoms with Crippen LogP contribution in [-0.2, 0) is 14.6 Å². The van der Waals surface area contributed by atoms with Gasteiger partial charge in [-0.2, -0.15) is 0 Å². The van der Waals surface area contributed by atoms with Crippen LogP contribution < -0.4 is 4.74 Å². The minimum atomic E-state index is -3.30. The third kappa shape index (κ3) is 5.83. The van der Waals surface area contributed by atoms with Crippen molar-refractivity contribution < 1.29 is 23.1 Å². The molecule has 0 spiro atoms. The molecule has 160 valence electrons. The van der Waals surface area contributed by atoms with Gasteiger partial charge < -0.3 is 9.84 Å². The number of carbonyl (C=O) groups is 1. The number of ether oxygens (including phenoxy) is 1. The van der Waals surface area contributed by atoms with E-state index in [1.165, 1.54) is 18.2 Å². The van der Waals surface area contributed by atoms with E-state index in [1.54, 1.807) is 24.3 Å². The van der Waals surface area contributed by atoms with Gasteiger partial charge in [0, 0.05) is 6.26 Å². The van der Waals surface area contributed by atoms with Crippen molar-refractivity contribution in [2.75, 3.05) is 6.26 Å². The zero-order chi connectivity index (χ0) is 22.6. The lowest BCUT2D eigenvalue weighted by molar-refractivity contribution is -0.130. The number of rotatable bonds is 7. The van der Waals surface area contributed by atoms with Crippen molar-refractivity contribution in [3.63, 3.8) is 0 Å². The molecule has 0 saturated heterocycles. The summed E-state index contributed by atoms with van der Waals surface area (Å²) in [6.07, 6.45) is 2.77. The summed E-state index contributed by atoms with van der Waals surface area (Å²) in [6.45, 7) is 3.94. The van der Waals surface area contributed by atoms with Crippen molar-refractivity contribution in [2.45, 2.75) is 24.8 Å². The van der Waals surface area contributed by atoms with E-state index in [0.29, 0.717) is 11.1 Å². The maximum absolute atomic E-state index is 11.8. The number of hydrogen-bond donors (Lipinski definition) is 1. The molecule has 0 aromatic heterocycles. The molecule has 0 saturated carbocycles. The topological polar surface area (TPSA) is 80.7 Å². The summed E-state index contributed by atoms with van der Waals surface area (Å²) < 4.78 is 28.8. The lowest BCUT2D eigenvalue weighted by Crippen LogP contribution is -2.05. The first kappa shape index (κ1) is 22.3. The molecule has 3 rings (SSSR count). The van der Waals surface area contributed by atoms with Gasteiger partial charge in [0.1, 0.15) is 5.75 Å². The fourth-order valence-electron chi connectivity index (χ4n) is 3.09. The highest BCUT2D eigenvalue weighted by Crippen LogP contribution is 2.26. The molecule has 0 atom stereocenters. The van der Waals surface area contributed by atoms with Crippen molar-refractivity contribution in [2.24, 2.45) is 0 Å². The van der Waals surface area contributed by atoms with Gasteiger partial charge in [0.2, 0.25) is 0 Å². The predicted molar refractivity (Wildman–Crippen MR) is 123 cm³/mol. The molecule has 0 radical (unpaired) electrons. The van der Waals surface area contributed by atoms with Crippen LogP contribution in [0.2, 0.25) is 0 Å². The lowest BCUT2D eigenvalue weighted by Gasteiger charge is -2.10. The minimum absolute atomic E-state index is 0.105. The quantitative estimate of drug-likeness (QED) is 0.408. The second-order valence-corrected chi connectivity index (χ2v) is 9.49. The van der Waals surface area contributed by atoms with Crippen LogP contribution in [0.3, 0.4) is 0 Å². The van der Waals surface area contributed by atoms with Crippen molar-refractivity contribution in [1.82, 2.24) is 0 Å². The maximum atomic E-state index is 11.8. The Morgan fingerprint density at radius 2 is 1.39 bits per heavy atom. The van der Waals surface area contributed by atoms with Crippen LogP contribution in [0.25, 0.3) is 22.8 Å². The number of carboxylic acids is 1. The van der Waals surface area contributed by atoms with Crippen LogP contribution in [0.5, 0.6) is 5.75 Å². The lowest BCUT2D eigenvalue weighted by atomic mass is 9.99. The Morgan fingerprint density at radius 3 is 1.84 bits per heavy atom. The molecule has 1 N–H and O–H groups in total. The van der Waals surface area contributed by atoms with E-state index < -0.39 is 15.8 Å². The number of benzene rings is 3. The highest BCUT2D eigenvalue weighted by molar-refractivity contribution is 7.90. The zero-order valence-corrected chi connectivity index (χ0v) is 18.4. The number of sulfone groups is 1. The van der Waals surface area contributed by atoms with Gasteiger partial charge in [-0.25, -0.2) is 13.2 Å². The van der Waals surface area contributed by atoms with Crippen LogP contribution in [0.1, 0.15) is 25.0 Å². The van der Waals surface area contributed by atoms with Gasteiger partial charge in [-0.15, -0.1) is 0 Å². The molecule has 3 aromatic rings. The number of hydrogen-bond acceptors (Lipinski definition) is 4. The van der Waals surface area contributed by atoms with Crippen molar-refractivity contribution in [3.05, 3.63) is 83.9 Å². The third-order valence-electron chi connectivity index (χ3n) is 4.61. The Bertz CT molecular complexity index is 1190.